The molecule has 0 saturated carbocycles. The second-order valence-electron chi connectivity index (χ2n) is 6.64. The van der Waals surface area contributed by atoms with Crippen molar-refractivity contribution in [1.29, 1.82) is 0 Å². The van der Waals surface area contributed by atoms with E-state index in [0.29, 0.717) is 28.6 Å². The van der Waals surface area contributed by atoms with Crippen LogP contribution < -0.4 is 11.1 Å². The first-order valence-electron chi connectivity index (χ1n) is 8.82. The van der Waals surface area contributed by atoms with Crippen LogP contribution in [0.4, 0.5) is 15.6 Å². The molecule has 0 aliphatic heterocycles. The van der Waals surface area contributed by atoms with Crippen molar-refractivity contribution in [2.24, 2.45) is 0 Å². The first-order chi connectivity index (χ1) is 13.7. The maximum absolute atomic E-state index is 11.6. The zero-order chi connectivity index (χ0) is 21.0. The molecule has 29 heavy (non-hydrogen) atoms. The van der Waals surface area contributed by atoms with E-state index in [1.54, 1.807) is 24.3 Å². The number of aromatic nitrogens is 1. The third-order valence-corrected chi connectivity index (χ3v) is 6.42. The smallest absolute Gasteiger partial charge is 0.409 e. The predicted octanol–water partition coefficient (Wildman–Crippen LogP) is 3.59. The zero-order valence-electron chi connectivity index (χ0n) is 15.8. The molecule has 3 rings (SSSR count). The molecule has 0 aliphatic rings. The molecular formula is C20H21N3O4S2. The van der Waals surface area contributed by atoms with Gasteiger partial charge in [-0.15, -0.1) is 11.3 Å². The number of anilines is 2. The Bertz CT molecular complexity index is 1110. The van der Waals surface area contributed by atoms with E-state index in [1.807, 2.05) is 24.3 Å². The number of nitrogens with two attached hydrogens (primary N) is 1. The molecule has 0 unspecified atom stereocenters. The number of hydrogen-bond donors (Lipinski definition) is 3. The van der Waals surface area contributed by atoms with Gasteiger partial charge in [-0.3, -0.25) is 5.32 Å². The highest BCUT2D eigenvalue weighted by atomic mass is 32.2. The van der Waals surface area contributed by atoms with Crippen LogP contribution in [0, 0.1) is 0 Å². The van der Waals surface area contributed by atoms with Crippen molar-refractivity contribution in [3.8, 4) is 0 Å². The Kier molecular flexibility index (Phi) is 6.19. The summed E-state index contributed by atoms with van der Waals surface area (Å²) in [4.78, 5) is 16.5. The molecule has 2 aromatic carbocycles. The summed E-state index contributed by atoms with van der Waals surface area (Å²) < 4.78 is 23.2. The molecule has 7 nitrogen and oxygen atoms in total. The Morgan fingerprint density at radius 1 is 1.07 bits per heavy atom. The highest BCUT2D eigenvalue weighted by molar-refractivity contribution is 7.90. The van der Waals surface area contributed by atoms with Gasteiger partial charge in [-0.2, -0.15) is 0 Å². The van der Waals surface area contributed by atoms with E-state index in [2.05, 4.69) is 10.3 Å². The molecule has 1 aromatic heterocycles. The molecular weight excluding hydrogens is 410 g/mol. The Labute approximate surface area is 173 Å². The average molecular weight is 432 g/mol. The number of sulfone groups is 1. The van der Waals surface area contributed by atoms with Crippen molar-refractivity contribution in [3.63, 3.8) is 0 Å². The maximum atomic E-state index is 11.6. The fourth-order valence-corrected chi connectivity index (χ4v) is 4.46. The molecule has 3 aromatic rings. The van der Waals surface area contributed by atoms with Gasteiger partial charge in [0.2, 0.25) is 0 Å². The minimum atomic E-state index is -3.21. The van der Waals surface area contributed by atoms with E-state index in [0.717, 1.165) is 28.1 Å². The van der Waals surface area contributed by atoms with E-state index >= 15 is 0 Å². The summed E-state index contributed by atoms with van der Waals surface area (Å²) in [7, 11) is -3.21. The van der Waals surface area contributed by atoms with E-state index in [4.69, 9.17) is 10.8 Å². The summed E-state index contributed by atoms with van der Waals surface area (Å²) in [5.74, 6) is 0. The first kappa shape index (κ1) is 20.8. The Morgan fingerprint density at radius 2 is 1.69 bits per heavy atom. The Hall–Kier alpha value is -2.91. The van der Waals surface area contributed by atoms with Crippen molar-refractivity contribution in [2.75, 3.05) is 17.3 Å². The molecule has 152 valence electrons. The van der Waals surface area contributed by atoms with E-state index in [-0.39, 0.29) is 0 Å². The number of amides is 1. The van der Waals surface area contributed by atoms with Crippen molar-refractivity contribution >= 4 is 38.1 Å². The van der Waals surface area contributed by atoms with Gasteiger partial charge in [0.05, 0.1) is 10.6 Å². The molecule has 0 atom stereocenters. The molecule has 0 aliphatic carbocycles. The fourth-order valence-electron chi connectivity index (χ4n) is 2.92. The standard InChI is InChI=1S/C20H21N3O4S2/c1-29(26,27)16-9-4-14(5-10-16)12-18-17(23-19(21)28-18)11-6-13-2-7-15(8-3-13)22-20(24)25/h2-5,7-10,22H,6,11-12H2,1H3,(H2,21,23)(H,24,25). The van der Waals surface area contributed by atoms with Crippen LogP contribution in [0.1, 0.15) is 21.7 Å². The second-order valence-corrected chi connectivity index (χ2v) is 9.77. The van der Waals surface area contributed by atoms with Crippen LogP contribution in [0.5, 0.6) is 0 Å². The number of nitrogens with one attached hydrogen (secondary N) is 1. The lowest BCUT2D eigenvalue weighted by molar-refractivity contribution is 0.209. The van der Waals surface area contributed by atoms with Crippen LogP contribution >= 0.6 is 11.3 Å². The van der Waals surface area contributed by atoms with Crippen LogP contribution in [0.25, 0.3) is 0 Å². The van der Waals surface area contributed by atoms with Crippen LogP contribution in [0.2, 0.25) is 0 Å². The van der Waals surface area contributed by atoms with Crippen molar-refractivity contribution in [2.45, 2.75) is 24.2 Å². The SMILES string of the molecule is CS(=O)(=O)c1ccc(Cc2sc(N)nc2CCc2ccc(NC(=O)O)cc2)cc1. The van der Waals surface area contributed by atoms with E-state index < -0.39 is 15.9 Å². The lowest BCUT2D eigenvalue weighted by Crippen LogP contribution is -2.07. The summed E-state index contributed by atoms with van der Waals surface area (Å²) >= 11 is 1.44. The molecule has 0 saturated heterocycles. The number of rotatable bonds is 7. The van der Waals surface area contributed by atoms with E-state index in [9.17, 15) is 13.2 Å². The van der Waals surface area contributed by atoms with Gasteiger partial charge < -0.3 is 10.8 Å². The normalized spacial score (nSPS) is 11.3. The van der Waals surface area contributed by atoms with Crippen LogP contribution in [0.15, 0.2) is 53.4 Å². The third kappa shape index (κ3) is 5.78. The summed E-state index contributed by atoms with van der Waals surface area (Å²) in [6.07, 6.45) is 2.18. The molecule has 0 bridgehead atoms. The van der Waals surface area contributed by atoms with Gasteiger partial charge in [0.25, 0.3) is 0 Å². The number of nitrogens with zero attached hydrogens (tertiary/aromatic N) is 1. The van der Waals surface area contributed by atoms with Gasteiger partial charge in [0.1, 0.15) is 0 Å². The average Bonchev–Trinajstić information content (AvgIpc) is 2.99. The number of thiazole rings is 1. The fraction of sp³-hybridized carbons (Fsp3) is 0.200. The number of benzene rings is 2. The van der Waals surface area contributed by atoms with Gasteiger partial charge >= 0.3 is 6.09 Å². The summed E-state index contributed by atoms with van der Waals surface area (Å²) in [5.41, 5.74) is 9.42. The highest BCUT2D eigenvalue weighted by Crippen LogP contribution is 2.25. The monoisotopic (exact) mass is 431 g/mol. The number of carbonyl (C=O) groups is 1. The Balaban J connectivity index is 1.68. The van der Waals surface area contributed by atoms with Crippen molar-refractivity contribution in [3.05, 3.63) is 70.2 Å². The Morgan fingerprint density at radius 3 is 2.28 bits per heavy atom. The van der Waals surface area contributed by atoms with Crippen LogP contribution in [-0.2, 0) is 29.1 Å². The molecule has 1 amide bonds. The largest absolute Gasteiger partial charge is 0.465 e. The van der Waals surface area contributed by atoms with Crippen molar-refractivity contribution in [1.82, 2.24) is 4.98 Å². The molecule has 1 heterocycles. The second kappa shape index (κ2) is 8.62. The quantitative estimate of drug-likeness (QED) is 0.525. The summed E-state index contributed by atoms with van der Waals surface area (Å²) in [5, 5.41) is 11.6. The highest BCUT2D eigenvalue weighted by Gasteiger charge is 2.12. The maximum Gasteiger partial charge on any atom is 0.409 e. The minimum absolute atomic E-state index is 0.297. The molecule has 0 spiro atoms. The topological polar surface area (TPSA) is 122 Å². The van der Waals surface area contributed by atoms with Crippen LogP contribution in [0.3, 0.4) is 0 Å². The summed E-state index contributed by atoms with van der Waals surface area (Å²) in [6, 6.07) is 14.1. The van der Waals surface area contributed by atoms with Gasteiger partial charge in [-0.1, -0.05) is 24.3 Å². The van der Waals surface area contributed by atoms with Gasteiger partial charge in [-0.05, 0) is 48.2 Å². The third-order valence-electron chi connectivity index (χ3n) is 4.37. The molecule has 0 fully saturated rings. The molecule has 4 N–H and O–H groups in total. The number of hydrogen-bond acceptors (Lipinski definition) is 6. The lowest BCUT2D eigenvalue weighted by atomic mass is 10.0. The van der Waals surface area contributed by atoms with Crippen molar-refractivity contribution < 1.29 is 18.3 Å². The molecule has 0 radical (unpaired) electrons. The lowest BCUT2D eigenvalue weighted by Gasteiger charge is -2.06. The number of aryl methyl sites for hydroxylation is 2. The zero-order valence-corrected chi connectivity index (χ0v) is 17.4. The van der Waals surface area contributed by atoms with Gasteiger partial charge in [-0.25, -0.2) is 18.2 Å². The first-order valence-corrected chi connectivity index (χ1v) is 11.5. The number of carboxylic acid groups (broad SMARTS) is 1. The molecule has 9 heteroatoms. The summed E-state index contributed by atoms with van der Waals surface area (Å²) in [6.45, 7) is 0. The van der Waals surface area contributed by atoms with E-state index in [1.165, 1.54) is 17.6 Å². The van der Waals surface area contributed by atoms with Gasteiger partial charge in [0, 0.05) is 23.2 Å². The predicted molar refractivity (Wildman–Crippen MR) is 114 cm³/mol. The van der Waals surface area contributed by atoms with Crippen LogP contribution in [-0.4, -0.2) is 30.9 Å². The van der Waals surface area contributed by atoms with Gasteiger partial charge in [0.15, 0.2) is 15.0 Å². The number of nitrogen functional groups attached to an aromatic ring is 1. The minimum Gasteiger partial charge on any atom is -0.465 e.